The molecule has 0 aliphatic carbocycles. The topological polar surface area (TPSA) is 46.3 Å². The van der Waals surface area contributed by atoms with Crippen LogP contribution in [0.1, 0.15) is 47.3 Å². The molecule has 1 amide bonds. The molecule has 0 fully saturated rings. The minimum absolute atomic E-state index is 0.254. The summed E-state index contributed by atoms with van der Waals surface area (Å²) in [6.45, 7) is 3.85. The van der Waals surface area contributed by atoms with Gasteiger partial charge in [-0.2, -0.15) is 13.2 Å². The summed E-state index contributed by atoms with van der Waals surface area (Å²) in [5.74, 6) is -0.446. The number of primary amides is 1. The van der Waals surface area contributed by atoms with Gasteiger partial charge in [0.15, 0.2) is 0 Å². The van der Waals surface area contributed by atoms with E-state index in [1.54, 1.807) is 30.3 Å². The number of carbonyl (C=O) groups excluding carboxylic acids is 1. The Morgan fingerprint density at radius 1 is 1.11 bits per heavy atom. The Labute approximate surface area is 157 Å². The summed E-state index contributed by atoms with van der Waals surface area (Å²) in [6, 6.07) is 12.1. The molecular formula is C21H23F3N2O. The number of nitrogens with two attached hydrogens (primary N) is 1. The number of anilines is 1. The zero-order valence-electron chi connectivity index (χ0n) is 15.4. The van der Waals surface area contributed by atoms with Crippen molar-refractivity contribution in [2.24, 2.45) is 5.73 Å². The Morgan fingerprint density at radius 3 is 2.37 bits per heavy atom. The van der Waals surface area contributed by atoms with Crippen LogP contribution in [0.2, 0.25) is 0 Å². The molecule has 0 aromatic heterocycles. The number of rotatable bonds is 4. The lowest BCUT2D eigenvalue weighted by Gasteiger charge is -2.32. The van der Waals surface area contributed by atoms with Gasteiger partial charge in [0.25, 0.3) is 0 Å². The molecule has 0 atom stereocenters. The van der Waals surface area contributed by atoms with Gasteiger partial charge in [0.05, 0.1) is 5.41 Å². The third kappa shape index (κ3) is 3.80. The molecule has 0 saturated carbocycles. The van der Waals surface area contributed by atoms with Crippen LogP contribution in [0.4, 0.5) is 18.9 Å². The first-order valence-electron chi connectivity index (χ1n) is 8.93. The van der Waals surface area contributed by atoms with Crippen molar-refractivity contribution in [2.45, 2.75) is 44.8 Å². The lowest BCUT2D eigenvalue weighted by atomic mass is 9.83. The Hall–Kier alpha value is -2.50. The number of alkyl halides is 3. The smallest absolute Gasteiger partial charge is 0.367 e. The summed E-state index contributed by atoms with van der Waals surface area (Å²) in [5, 5.41) is 0. The number of benzene rings is 2. The molecule has 0 unspecified atom stereocenters. The molecule has 6 heteroatoms. The van der Waals surface area contributed by atoms with Gasteiger partial charge in [-0.25, -0.2) is 0 Å². The van der Waals surface area contributed by atoms with Crippen LogP contribution >= 0.6 is 0 Å². The summed E-state index contributed by atoms with van der Waals surface area (Å²) in [6.07, 6.45) is -2.46. The Balaban J connectivity index is 1.80. The first-order valence-corrected chi connectivity index (χ1v) is 8.93. The predicted molar refractivity (Wildman–Crippen MR) is 99.9 cm³/mol. The fourth-order valence-corrected chi connectivity index (χ4v) is 3.40. The van der Waals surface area contributed by atoms with Crippen molar-refractivity contribution in [1.29, 1.82) is 0 Å². The highest BCUT2D eigenvalue weighted by molar-refractivity contribution is 5.93. The van der Waals surface area contributed by atoms with Crippen molar-refractivity contribution in [2.75, 3.05) is 11.4 Å². The number of fused-ring (bicyclic) bond motifs is 1. The Kier molecular flexibility index (Phi) is 4.93. The van der Waals surface area contributed by atoms with Crippen molar-refractivity contribution in [3.8, 4) is 0 Å². The van der Waals surface area contributed by atoms with E-state index in [0.29, 0.717) is 12.1 Å². The number of carbonyl (C=O) groups is 1. The maximum atomic E-state index is 13.2. The van der Waals surface area contributed by atoms with Gasteiger partial charge in [0.1, 0.15) is 0 Å². The van der Waals surface area contributed by atoms with E-state index in [1.165, 1.54) is 13.8 Å². The predicted octanol–water partition coefficient (Wildman–Crippen LogP) is 4.58. The molecule has 0 saturated heterocycles. The van der Waals surface area contributed by atoms with Crippen molar-refractivity contribution in [3.05, 3.63) is 64.7 Å². The second kappa shape index (κ2) is 6.91. The van der Waals surface area contributed by atoms with Crippen LogP contribution in [0.5, 0.6) is 0 Å². The third-order valence-corrected chi connectivity index (χ3v) is 5.34. The van der Waals surface area contributed by atoms with Crippen LogP contribution in [0.15, 0.2) is 42.5 Å². The molecule has 0 bridgehead atoms. The van der Waals surface area contributed by atoms with Gasteiger partial charge >= 0.3 is 6.18 Å². The van der Waals surface area contributed by atoms with Crippen LogP contribution in [0, 0.1) is 0 Å². The maximum Gasteiger partial charge on any atom is 0.397 e. The second-order valence-corrected chi connectivity index (χ2v) is 7.55. The van der Waals surface area contributed by atoms with Gasteiger partial charge in [-0.05, 0) is 61.6 Å². The molecule has 0 spiro atoms. The van der Waals surface area contributed by atoms with E-state index in [4.69, 9.17) is 5.73 Å². The summed E-state index contributed by atoms with van der Waals surface area (Å²) in [7, 11) is 0. The molecule has 0 radical (unpaired) electrons. The molecule has 27 heavy (non-hydrogen) atoms. The largest absolute Gasteiger partial charge is 0.397 e. The van der Waals surface area contributed by atoms with Crippen molar-refractivity contribution >= 4 is 11.6 Å². The lowest BCUT2D eigenvalue weighted by molar-refractivity contribution is -0.180. The van der Waals surface area contributed by atoms with Crippen LogP contribution in [0.3, 0.4) is 0 Å². The lowest BCUT2D eigenvalue weighted by Crippen LogP contribution is -2.36. The highest BCUT2D eigenvalue weighted by Crippen LogP contribution is 2.40. The van der Waals surface area contributed by atoms with Crippen molar-refractivity contribution < 1.29 is 18.0 Å². The summed E-state index contributed by atoms with van der Waals surface area (Å²) in [5.41, 5.74) is 7.29. The summed E-state index contributed by atoms with van der Waals surface area (Å²) < 4.78 is 39.6. The quantitative estimate of drug-likeness (QED) is 0.849. The highest BCUT2D eigenvalue weighted by atomic mass is 19.4. The van der Waals surface area contributed by atoms with Gasteiger partial charge in [-0.15, -0.1) is 0 Å². The fraction of sp³-hybridized carbons (Fsp3) is 0.381. The molecular weight excluding hydrogens is 353 g/mol. The molecule has 2 aromatic carbocycles. The first kappa shape index (κ1) is 19.3. The average molecular weight is 376 g/mol. The molecule has 2 aromatic rings. The standard InChI is InChI=1S/C21H23F3N2O/c1-20(2,21(22,23)24)17-8-5-14(6-9-17)13-26-11-3-4-15-12-16(19(25)27)7-10-18(15)26/h5-10,12H,3-4,11,13H2,1-2H3,(H2,25,27). The van der Waals surface area contributed by atoms with Gasteiger partial charge in [0, 0.05) is 24.3 Å². The zero-order chi connectivity index (χ0) is 19.8. The first-order chi connectivity index (χ1) is 12.6. The molecule has 1 aliphatic rings. The number of nitrogens with zero attached hydrogens (tertiary/aromatic N) is 1. The Bertz CT molecular complexity index is 841. The van der Waals surface area contributed by atoms with Crippen LogP contribution in [-0.2, 0) is 18.4 Å². The average Bonchev–Trinajstić information content (AvgIpc) is 2.61. The molecule has 3 rings (SSSR count). The van der Waals surface area contributed by atoms with Crippen LogP contribution in [-0.4, -0.2) is 18.6 Å². The summed E-state index contributed by atoms with van der Waals surface area (Å²) in [4.78, 5) is 13.6. The van der Waals surface area contributed by atoms with E-state index < -0.39 is 17.5 Å². The fourth-order valence-electron chi connectivity index (χ4n) is 3.40. The number of aryl methyl sites for hydroxylation is 1. The maximum absolute atomic E-state index is 13.2. The zero-order valence-corrected chi connectivity index (χ0v) is 15.4. The van der Waals surface area contributed by atoms with Gasteiger partial charge in [-0.3, -0.25) is 4.79 Å². The van der Waals surface area contributed by atoms with E-state index in [1.807, 2.05) is 12.1 Å². The second-order valence-electron chi connectivity index (χ2n) is 7.55. The van der Waals surface area contributed by atoms with Gasteiger partial charge < -0.3 is 10.6 Å². The molecule has 2 N–H and O–H groups in total. The van der Waals surface area contributed by atoms with E-state index in [0.717, 1.165) is 36.2 Å². The number of hydrogen-bond donors (Lipinski definition) is 1. The number of amides is 1. The van der Waals surface area contributed by atoms with Crippen molar-refractivity contribution in [3.63, 3.8) is 0 Å². The van der Waals surface area contributed by atoms with Gasteiger partial charge in [-0.1, -0.05) is 24.3 Å². The third-order valence-electron chi connectivity index (χ3n) is 5.34. The van der Waals surface area contributed by atoms with E-state index in [-0.39, 0.29) is 5.56 Å². The monoisotopic (exact) mass is 376 g/mol. The molecule has 1 heterocycles. The highest BCUT2D eigenvalue weighted by Gasteiger charge is 2.48. The molecule has 1 aliphatic heterocycles. The van der Waals surface area contributed by atoms with E-state index in [9.17, 15) is 18.0 Å². The van der Waals surface area contributed by atoms with Gasteiger partial charge in [0.2, 0.25) is 5.91 Å². The molecule has 3 nitrogen and oxygen atoms in total. The van der Waals surface area contributed by atoms with E-state index in [2.05, 4.69) is 4.90 Å². The minimum Gasteiger partial charge on any atom is -0.367 e. The van der Waals surface area contributed by atoms with Crippen LogP contribution in [0.25, 0.3) is 0 Å². The number of halogens is 3. The minimum atomic E-state index is -4.29. The Morgan fingerprint density at radius 2 is 1.78 bits per heavy atom. The van der Waals surface area contributed by atoms with E-state index >= 15 is 0 Å². The summed E-state index contributed by atoms with van der Waals surface area (Å²) >= 11 is 0. The SMILES string of the molecule is CC(C)(c1ccc(CN2CCCc3cc(C(N)=O)ccc32)cc1)C(F)(F)F. The molecule has 144 valence electrons. The number of hydrogen-bond acceptors (Lipinski definition) is 2. The normalized spacial score (nSPS) is 14.8. The van der Waals surface area contributed by atoms with Crippen LogP contribution < -0.4 is 10.6 Å². The van der Waals surface area contributed by atoms with Crippen molar-refractivity contribution in [1.82, 2.24) is 0 Å².